The molecule has 1 aliphatic rings. The van der Waals surface area contributed by atoms with Crippen molar-refractivity contribution >= 4 is 17.2 Å². The van der Waals surface area contributed by atoms with Crippen molar-refractivity contribution in [1.82, 2.24) is 10.4 Å². The maximum absolute atomic E-state index is 12.0. The summed E-state index contributed by atoms with van der Waals surface area (Å²) < 4.78 is 0. The smallest absolute Gasteiger partial charge is 0.269 e. The first-order valence-corrected chi connectivity index (χ1v) is 5.81. The number of hydrazine groups is 1. The Morgan fingerprint density at radius 3 is 2.93 bits per heavy atom. The van der Waals surface area contributed by atoms with Gasteiger partial charge in [-0.05, 0) is 30.7 Å². The summed E-state index contributed by atoms with van der Waals surface area (Å²) in [5.74, 6) is 0.114. The summed E-state index contributed by atoms with van der Waals surface area (Å²) in [6, 6.07) is 0. The Morgan fingerprint density at radius 1 is 1.50 bits per heavy atom. The monoisotopic (exact) mass is 210 g/mol. The number of carbonyl (C=O) groups is 1. The molecular weight excluding hydrogens is 196 g/mol. The molecule has 4 heteroatoms. The molecule has 0 spiro atoms. The van der Waals surface area contributed by atoms with Crippen molar-refractivity contribution in [1.29, 1.82) is 0 Å². The van der Waals surface area contributed by atoms with E-state index in [-0.39, 0.29) is 5.91 Å². The van der Waals surface area contributed by atoms with Crippen LogP contribution in [0, 0.1) is 6.92 Å². The van der Waals surface area contributed by atoms with E-state index in [1.165, 1.54) is 0 Å². The molecular formula is C10H14N2OS. The molecule has 3 nitrogen and oxygen atoms in total. The van der Waals surface area contributed by atoms with E-state index in [0.29, 0.717) is 0 Å². The molecule has 1 aliphatic heterocycles. The zero-order valence-corrected chi connectivity index (χ0v) is 9.06. The quantitative estimate of drug-likeness (QED) is 0.766. The van der Waals surface area contributed by atoms with Gasteiger partial charge in [-0.2, -0.15) is 11.3 Å². The summed E-state index contributed by atoms with van der Waals surface area (Å²) >= 11 is 1.58. The fraction of sp³-hybridized carbons (Fsp3) is 0.500. The average molecular weight is 210 g/mol. The highest BCUT2D eigenvalue weighted by atomic mass is 32.1. The second-order valence-electron chi connectivity index (χ2n) is 3.54. The average Bonchev–Trinajstić information content (AvgIpc) is 2.65. The van der Waals surface area contributed by atoms with Crippen LogP contribution in [0.1, 0.15) is 28.8 Å². The fourth-order valence-corrected chi connectivity index (χ4v) is 2.41. The lowest BCUT2D eigenvalue weighted by atomic mass is 10.2. The topological polar surface area (TPSA) is 32.3 Å². The van der Waals surface area contributed by atoms with Crippen molar-refractivity contribution in [3.63, 3.8) is 0 Å². The second-order valence-corrected chi connectivity index (χ2v) is 4.28. The number of nitrogens with one attached hydrogen (secondary N) is 1. The summed E-state index contributed by atoms with van der Waals surface area (Å²) in [6.07, 6.45) is 2.26. The second kappa shape index (κ2) is 4.11. The molecule has 1 saturated heterocycles. The van der Waals surface area contributed by atoms with Crippen LogP contribution in [-0.2, 0) is 0 Å². The normalized spacial score (nSPS) is 17.1. The molecule has 1 aromatic rings. The molecule has 0 bridgehead atoms. The lowest BCUT2D eigenvalue weighted by Crippen LogP contribution is -2.47. The van der Waals surface area contributed by atoms with Gasteiger partial charge in [0, 0.05) is 18.5 Å². The van der Waals surface area contributed by atoms with Crippen LogP contribution >= 0.6 is 11.3 Å². The van der Waals surface area contributed by atoms with Crippen LogP contribution in [0.5, 0.6) is 0 Å². The van der Waals surface area contributed by atoms with Gasteiger partial charge in [0.1, 0.15) is 0 Å². The predicted octanol–water partition coefficient (Wildman–Crippen LogP) is 1.80. The molecule has 14 heavy (non-hydrogen) atoms. The Hall–Kier alpha value is -0.870. The number of rotatable bonds is 1. The van der Waals surface area contributed by atoms with E-state index in [0.717, 1.165) is 37.1 Å². The molecule has 0 radical (unpaired) electrons. The Labute approximate surface area is 87.7 Å². The van der Waals surface area contributed by atoms with Gasteiger partial charge in [-0.15, -0.1) is 0 Å². The molecule has 76 valence electrons. The lowest BCUT2D eigenvalue weighted by Gasteiger charge is -2.27. The minimum Gasteiger partial charge on any atom is -0.274 e. The summed E-state index contributed by atoms with van der Waals surface area (Å²) in [5.41, 5.74) is 5.04. The van der Waals surface area contributed by atoms with Gasteiger partial charge in [-0.1, -0.05) is 0 Å². The molecule has 0 aliphatic carbocycles. The third kappa shape index (κ3) is 1.81. The fourth-order valence-electron chi connectivity index (χ4n) is 1.59. The Balaban J connectivity index is 2.11. The van der Waals surface area contributed by atoms with Gasteiger partial charge in [-0.25, -0.2) is 5.43 Å². The standard InChI is InChI=1S/C10H14N2OS/c1-8-6-14-7-9(8)10(13)12-5-3-2-4-11-12/h6-7,11H,2-5H2,1H3. The van der Waals surface area contributed by atoms with Crippen molar-refractivity contribution in [2.45, 2.75) is 19.8 Å². The van der Waals surface area contributed by atoms with Crippen LogP contribution in [0.3, 0.4) is 0 Å². The maximum Gasteiger partial charge on any atom is 0.269 e. The van der Waals surface area contributed by atoms with Crippen molar-refractivity contribution in [3.05, 3.63) is 21.9 Å². The van der Waals surface area contributed by atoms with Gasteiger partial charge in [0.25, 0.3) is 5.91 Å². The third-order valence-corrected chi connectivity index (χ3v) is 3.30. The first-order valence-electron chi connectivity index (χ1n) is 4.87. The van der Waals surface area contributed by atoms with E-state index in [4.69, 9.17) is 0 Å². The number of carbonyl (C=O) groups excluding carboxylic acids is 1. The van der Waals surface area contributed by atoms with E-state index in [1.807, 2.05) is 17.7 Å². The number of nitrogens with zero attached hydrogens (tertiary/aromatic N) is 1. The molecule has 2 heterocycles. The number of amides is 1. The number of hydrogen-bond acceptors (Lipinski definition) is 3. The summed E-state index contributed by atoms with van der Waals surface area (Å²) in [5, 5.41) is 5.67. The maximum atomic E-state index is 12.0. The molecule has 1 fully saturated rings. The van der Waals surface area contributed by atoms with Crippen molar-refractivity contribution in [2.24, 2.45) is 0 Å². The number of hydrogen-bond donors (Lipinski definition) is 1. The molecule has 0 unspecified atom stereocenters. The molecule has 2 rings (SSSR count). The van der Waals surface area contributed by atoms with Crippen LogP contribution < -0.4 is 5.43 Å². The predicted molar refractivity (Wildman–Crippen MR) is 57.3 cm³/mol. The third-order valence-electron chi connectivity index (χ3n) is 2.44. The Morgan fingerprint density at radius 2 is 2.36 bits per heavy atom. The van der Waals surface area contributed by atoms with Crippen LogP contribution in [-0.4, -0.2) is 24.0 Å². The minimum absolute atomic E-state index is 0.114. The molecule has 1 aromatic heterocycles. The minimum atomic E-state index is 0.114. The van der Waals surface area contributed by atoms with Crippen molar-refractivity contribution in [2.75, 3.05) is 13.1 Å². The first-order chi connectivity index (χ1) is 6.79. The van der Waals surface area contributed by atoms with E-state index < -0.39 is 0 Å². The van der Waals surface area contributed by atoms with Crippen molar-refractivity contribution in [3.8, 4) is 0 Å². The highest BCUT2D eigenvalue weighted by molar-refractivity contribution is 7.08. The molecule has 1 N–H and O–H groups in total. The van der Waals surface area contributed by atoms with E-state index in [2.05, 4.69) is 5.43 Å². The molecule has 0 saturated carbocycles. The van der Waals surface area contributed by atoms with Gasteiger partial charge in [0.2, 0.25) is 0 Å². The Kier molecular flexibility index (Phi) is 2.84. The van der Waals surface area contributed by atoms with Gasteiger partial charge in [-0.3, -0.25) is 9.80 Å². The lowest BCUT2D eigenvalue weighted by molar-refractivity contribution is 0.0610. The molecule has 0 atom stereocenters. The van der Waals surface area contributed by atoms with Gasteiger partial charge in [0.05, 0.1) is 5.56 Å². The van der Waals surface area contributed by atoms with Crippen molar-refractivity contribution < 1.29 is 4.79 Å². The van der Waals surface area contributed by atoms with Gasteiger partial charge >= 0.3 is 0 Å². The first kappa shape index (κ1) is 9.68. The van der Waals surface area contributed by atoms with E-state index in [9.17, 15) is 4.79 Å². The van der Waals surface area contributed by atoms with E-state index >= 15 is 0 Å². The summed E-state index contributed by atoms with van der Waals surface area (Å²) in [7, 11) is 0. The van der Waals surface area contributed by atoms with Gasteiger partial charge < -0.3 is 0 Å². The molecule has 0 aromatic carbocycles. The SMILES string of the molecule is Cc1cscc1C(=O)N1CCCCN1. The zero-order valence-electron chi connectivity index (χ0n) is 8.25. The van der Waals surface area contributed by atoms with E-state index in [1.54, 1.807) is 16.3 Å². The molecule has 1 amide bonds. The van der Waals surface area contributed by atoms with Crippen LogP contribution in [0.25, 0.3) is 0 Å². The largest absolute Gasteiger partial charge is 0.274 e. The van der Waals surface area contributed by atoms with Gasteiger partial charge in [0.15, 0.2) is 0 Å². The van der Waals surface area contributed by atoms with Crippen LogP contribution in [0.15, 0.2) is 10.8 Å². The zero-order chi connectivity index (χ0) is 9.97. The highest BCUT2D eigenvalue weighted by Gasteiger charge is 2.19. The van der Waals surface area contributed by atoms with Crippen LogP contribution in [0.4, 0.5) is 0 Å². The number of thiophene rings is 1. The highest BCUT2D eigenvalue weighted by Crippen LogP contribution is 2.16. The Bertz CT molecular complexity index is 329. The number of aryl methyl sites for hydroxylation is 1. The summed E-state index contributed by atoms with van der Waals surface area (Å²) in [4.78, 5) is 12.0. The summed E-state index contributed by atoms with van der Waals surface area (Å²) in [6.45, 7) is 3.72. The van der Waals surface area contributed by atoms with Crippen LogP contribution in [0.2, 0.25) is 0 Å².